The van der Waals surface area contributed by atoms with Crippen LogP contribution in [0.3, 0.4) is 0 Å². The van der Waals surface area contributed by atoms with Gasteiger partial charge in [0.1, 0.15) is 17.1 Å². The molecule has 150 valence electrons. The Bertz CT molecular complexity index is 1080. The molecular weight excluding hydrogens is 372 g/mol. The molecule has 0 aliphatic heterocycles. The number of carboxylic acids is 1. The number of aromatic nitrogens is 2. The van der Waals surface area contributed by atoms with Crippen molar-refractivity contribution >= 4 is 5.97 Å². The van der Waals surface area contributed by atoms with Gasteiger partial charge in [-0.15, -0.1) is 0 Å². The summed E-state index contributed by atoms with van der Waals surface area (Å²) in [6.07, 6.45) is 0. The van der Waals surface area contributed by atoms with E-state index >= 15 is 0 Å². The van der Waals surface area contributed by atoms with E-state index in [-0.39, 0.29) is 17.2 Å². The van der Waals surface area contributed by atoms with Crippen molar-refractivity contribution in [3.63, 3.8) is 0 Å². The number of hydrogen-bond donors (Lipinski definition) is 1. The summed E-state index contributed by atoms with van der Waals surface area (Å²) in [7, 11) is 3.11. The number of rotatable bonds is 6. The molecule has 3 aromatic rings. The second-order valence-electron chi connectivity index (χ2n) is 6.70. The van der Waals surface area contributed by atoms with Crippen LogP contribution in [0.2, 0.25) is 0 Å². The molecule has 7 heteroatoms. The summed E-state index contributed by atoms with van der Waals surface area (Å²) >= 11 is 0. The Morgan fingerprint density at radius 3 is 1.83 bits per heavy atom. The quantitative estimate of drug-likeness (QED) is 0.682. The molecule has 7 nitrogen and oxygen atoms in total. The predicted molar refractivity (Wildman–Crippen MR) is 110 cm³/mol. The number of nitrogens with zero attached hydrogens (tertiary/aromatic N) is 2. The van der Waals surface area contributed by atoms with Crippen molar-refractivity contribution < 1.29 is 19.4 Å². The van der Waals surface area contributed by atoms with Gasteiger partial charge in [-0.25, -0.2) is 9.48 Å². The summed E-state index contributed by atoms with van der Waals surface area (Å²) in [6.45, 7) is 3.57. The molecule has 0 aliphatic rings. The Hall–Kier alpha value is -3.61. The first-order valence-electron chi connectivity index (χ1n) is 9.06. The van der Waals surface area contributed by atoms with Crippen LogP contribution in [0.5, 0.6) is 11.5 Å². The van der Waals surface area contributed by atoms with E-state index < -0.39 is 11.5 Å². The molecule has 0 amide bonds. The van der Waals surface area contributed by atoms with Gasteiger partial charge in [0.25, 0.3) is 5.56 Å². The molecule has 0 aliphatic carbocycles. The number of benzene rings is 2. The highest BCUT2D eigenvalue weighted by Gasteiger charge is 2.25. The summed E-state index contributed by atoms with van der Waals surface area (Å²) in [5, 5.41) is 14.4. The Morgan fingerprint density at radius 2 is 1.41 bits per heavy atom. The summed E-state index contributed by atoms with van der Waals surface area (Å²) in [6, 6.07) is 13.7. The van der Waals surface area contributed by atoms with Gasteiger partial charge in [0.2, 0.25) is 0 Å². The molecule has 29 heavy (non-hydrogen) atoms. The number of carbonyl (C=O) groups is 1. The first-order valence-corrected chi connectivity index (χ1v) is 9.06. The van der Waals surface area contributed by atoms with Crippen molar-refractivity contribution in [3.8, 4) is 33.9 Å². The van der Waals surface area contributed by atoms with Gasteiger partial charge in [-0.2, -0.15) is 5.10 Å². The predicted octanol–water partition coefficient (Wildman–Crippen LogP) is 3.87. The molecule has 2 aromatic carbocycles. The minimum Gasteiger partial charge on any atom is -0.497 e. The number of carboxylic acid groups (broad SMARTS) is 1. The van der Waals surface area contributed by atoms with Gasteiger partial charge in [-0.05, 0) is 55.8 Å². The highest BCUT2D eigenvalue weighted by molar-refractivity contribution is 5.99. The molecule has 1 N–H and O–H groups in total. The zero-order chi connectivity index (χ0) is 21.1. The van der Waals surface area contributed by atoms with Gasteiger partial charge >= 0.3 is 5.97 Å². The van der Waals surface area contributed by atoms with Crippen molar-refractivity contribution in [2.24, 2.45) is 0 Å². The van der Waals surface area contributed by atoms with Crippen LogP contribution in [0, 0.1) is 0 Å². The molecular formula is C22H22N2O5. The maximum absolute atomic E-state index is 12.9. The van der Waals surface area contributed by atoms with Gasteiger partial charge in [-0.1, -0.05) is 12.1 Å². The Morgan fingerprint density at radius 1 is 0.931 bits per heavy atom. The molecule has 0 bridgehead atoms. The summed E-state index contributed by atoms with van der Waals surface area (Å²) in [5.74, 6) is -0.0112. The van der Waals surface area contributed by atoms with Crippen LogP contribution < -0.4 is 15.0 Å². The van der Waals surface area contributed by atoms with Crippen LogP contribution in [-0.4, -0.2) is 35.1 Å². The zero-order valence-corrected chi connectivity index (χ0v) is 16.7. The second kappa shape index (κ2) is 8.18. The normalized spacial score (nSPS) is 10.8. The fourth-order valence-corrected chi connectivity index (χ4v) is 3.08. The average Bonchev–Trinajstić information content (AvgIpc) is 2.73. The van der Waals surface area contributed by atoms with Crippen molar-refractivity contribution in [3.05, 3.63) is 64.4 Å². The largest absolute Gasteiger partial charge is 0.497 e. The lowest BCUT2D eigenvalue weighted by Crippen LogP contribution is -2.31. The van der Waals surface area contributed by atoms with E-state index in [0.29, 0.717) is 28.3 Å². The van der Waals surface area contributed by atoms with Gasteiger partial charge in [-0.3, -0.25) is 4.79 Å². The van der Waals surface area contributed by atoms with Crippen molar-refractivity contribution in [1.29, 1.82) is 0 Å². The summed E-state index contributed by atoms with van der Waals surface area (Å²) in [5.41, 5.74) is 0.957. The third-order valence-corrected chi connectivity index (χ3v) is 4.56. The molecule has 0 spiro atoms. The Balaban J connectivity index is 2.39. The smallest absolute Gasteiger partial charge is 0.342 e. The topological polar surface area (TPSA) is 90.7 Å². The molecule has 0 saturated heterocycles. The van der Waals surface area contributed by atoms with Crippen molar-refractivity contribution in [1.82, 2.24) is 9.78 Å². The van der Waals surface area contributed by atoms with Crippen LogP contribution in [0.1, 0.15) is 30.2 Å². The van der Waals surface area contributed by atoms with Gasteiger partial charge in [0.05, 0.1) is 26.0 Å². The molecule has 3 rings (SSSR count). The number of aromatic carboxylic acids is 1. The summed E-state index contributed by atoms with van der Waals surface area (Å²) < 4.78 is 11.6. The van der Waals surface area contributed by atoms with E-state index in [4.69, 9.17) is 9.47 Å². The minimum absolute atomic E-state index is 0.271. The van der Waals surface area contributed by atoms with Crippen molar-refractivity contribution in [2.75, 3.05) is 14.2 Å². The molecule has 0 fully saturated rings. The molecule has 0 radical (unpaired) electrons. The number of ether oxygens (including phenoxy) is 2. The molecule has 0 saturated carbocycles. The third kappa shape index (κ3) is 3.85. The molecule has 1 aromatic heterocycles. The van der Waals surface area contributed by atoms with Crippen molar-refractivity contribution in [2.45, 2.75) is 19.9 Å². The van der Waals surface area contributed by atoms with E-state index in [2.05, 4.69) is 5.10 Å². The lowest BCUT2D eigenvalue weighted by Gasteiger charge is -2.17. The van der Waals surface area contributed by atoms with Gasteiger partial charge in [0.15, 0.2) is 0 Å². The minimum atomic E-state index is -1.30. The van der Waals surface area contributed by atoms with Crippen LogP contribution in [-0.2, 0) is 0 Å². The SMILES string of the molecule is COc1ccc(-c2nn(C(C)C)c(=O)c(C(=O)O)c2-c2ccc(OC)cc2)cc1. The first kappa shape index (κ1) is 20.1. The lowest BCUT2D eigenvalue weighted by atomic mass is 9.95. The molecule has 0 unspecified atom stereocenters. The fraction of sp³-hybridized carbons (Fsp3) is 0.227. The van der Waals surface area contributed by atoms with Crippen LogP contribution in [0.15, 0.2) is 53.3 Å². The van der Waals surface area contributed by atoms with Crippen LogP contribution in [0.25, 0.3) is 22.4 Å². The van der Waals surface area contributed by atoms with E-state index in [9.17, 15) is 14.7 Å². The van der Waals surface area contributed by atoms with E-state index in [1.54, 1.807) is 76.6 Å². The average molecular weight is 394 g/mol. The third-order valence-electron chi connectivity index (χ3n) is 4.56. The van der Waals surface area contributed by atoms with E-state index in [1.807, 2.05) is 0 Å². The Kier molecular flexibility index (Phi) is 5.68. The monoisotopic (exact) mass is 394 g/mol. The number of methoxy groups -OCH3 is 2. The fourth-order valence-electron chi connectivity index (χ4n) is 3.08. The zero-order valence-electron chi connectivity index (χ0n) is 16.7. The maximum Gasteiger partial charge on any atom is 0.342 e. The van der Waals surface area contributed by atoms with Gasteiger partial charge in [0, 0.05) is 11.1 Å². The van der Waals surface area contributed by atoms with Gasteiger partial charge < -0.3 is 14.6 Å². The highest BCUT2D eigenvalue weighted by atomic mass is 16.5. The van der Waals surface area contributed by atoms with Crippen LogP contribution >= 0.6 is 0 Å². The standard InChI is InChI=1S/C22H22N2O5/c1-13(2)24-21(25)19(22(26)27)18(14-5-9-16(28-3)10-6-14)20(23-24)15-7-11-17(29-4)12-8-15/h5-13H,1-4H3,(H,26,27). The highest BCUT2D eigenvalue weighted by Crippen LogP contribution is 2.34. The van der Waals surface area contributed by atoms with E-state index in [1.165, 1.54) is 4.68 Å². The first-order chi connectivity index (χ1) is 13.9. The Labute approximate surface area is 168 Å². The second-order valence-corrected chi connectivity index (χ2v) is 6.70. The van der Waals surface area contributed by atoms with Crippen LogP contribution in [0.4, 0.5) is 0 Å². The molecule has 1 heterocycles. The number of hydrogen-bond acceptors (Lipinski definition) is 5. The molecule has 0 atom stereocenters. The summed E-state index contributed by atoms with van der Waals surface area (Å²) in [4.78, 5) is 25.0. The lowest BCUT2D eigenvalue weighted by molar-refractivity contribution is 0.0694. The van der Waals surface area contributed by atoms with E-state index in [0.717, 1.165) is 0 Å². The maximum atomic E-state index is 12.9.